The molecule has 1 N–H and O–H groups in total. The molecule has 6 nitrogen and oxygen atoms in total. The van der Waals surface area contributed by atoms with Gasteiger partial charge in [-0.25, -0.2) is 9.48 Å². The van der Waals surface area contributed by atoms with Crippen LogP contribution in [0.2, 0.25) is 0 Å². The third-order valence-corrected chi connectivity index (χ3v) is 2.41. The van der Waals surface area contributed by atoms with Crippen molar-refractivity contribution in [2.75, 3.05) is 0 Å². The number of alkyl halides is 2. The Hall–Kier alpha value is -2.51. The van der Waals surface area contributed by atoms with E-state index in [4.69, 9.17) is 5.11 Å². The summed E-state index contributed by atoms with van der Waals surface area (Å²) >= 11 is 0. The van der Waals surface area contributed by atoms with E-state index in [0.29, 0.717) is 0 Å². The second kappa shape index (κ2) is 5.01. The Balaban J connectivity index is 2.50. The SMILES string of the molecule is Cc1c(C(=O)O)nnn1-c1ccccc1OC(F)F. The maximum atomic E-state index is 12.3. The number of halogens is 2. The fourth-order valence-electron chi connectivity index (χ4n) is 1.58. The van der Waals surface area contributed by atoms with Gasteiger partial charge in [0.25, 0.3) is 0 Å². The third kappa shape index (κ3) is 2.51. The van der Waals surface area contributed by atoms with Gasteiger partial charge in [0, 0.05) is 0 Å². The number of carboxylic acid groups (broad SMARTS) is 1. The molecule has 1 aromatic heterocycles. The van der Waals surface area contributed by atoms with Crippen molar-refractivity contribution in [3.63, 3.8) is 0 Å². The first-order valence-electron chi connectivity index (χ1n) is 5.20. The molecular formula is C11H9F2N3O3. The van der Waals surface area contributed by atoms with Crippen LogP contribution in [0.1, 0.15) is 16.2 Å². The predicted molar refractivity (Wildman–Crippen MR) is 59.7 cm³/mol. The number of aromatic nitrogens is 3. The van der Waals surface area contributed by atoms with Crippen LogP contribution < -0.4 is 4.74 Å². The van der Waals surface area contributed by atoms with Gasteiger partial charge >= 0.3 is 12.6 Å². The zero-order valence-electron chi connectivity index (χ0n) is 9.75. The van der Waals surface area contributed by atoms with Crippen molar-refractivity contribution in [2.45, 2.75) is 13.5 Å². The summed E-state index contributed by atoms with van der Waals surface area (Å²) in [6.45, 7) is -1.51. The Morgan fingerprint density at radius 3 is 2.68 bits per heavy atom. The molecule has 0 atom stereocenters. The standard InChI is InChI=1S/C11H9F2N3O3/c1-6-9(10(17)18)14-15-16(6)7-4-2-3-5-8(7)19-11(12)13/h2-5,11H,1H3,(H,17,18). The Morgan fingerprint density at radius 1 is 1.42 bits per heavy atom. The summed E-state index contributed by atoms with van der Waals surface area (Å²) in [5, 5.41) is 16.0. The van der Waals surface area contributed by atoms with Gasteiger partial charge in [0.15, 0.2) is 11.4 Å². The Labute approximate surface area is 106 Å². The predicted octanol–water partition coefficient (Wildman–Crippen LogP) is 1.88. The number of hydrogen-bond donors (Lipinski definition) is 1. The lowest BCUT2D eigenvalue weighted by Gasteiger charge is -2.10. The van der Waals surface area contributed by atoms with Crippen LogP contribution in [0.15, 0.2) is 24.3 Å². The highest BCUT2D eigenvalue weighted by atomic mass is 19.3. The maximum absolute atomic E-state index is 12.3. The molecule has 2 aromatic rings. The van der Waals surface area contributed by atoms with Crippen molar-refractivity contribution in [1.29, 1.82) is 0 Å². The minimum atomic E-state index is -2.98. The van der Waals surface area contributed by atoms with E-state index in [1.54, 1.807) is 6.07 Å². The number of ether oxygens (including phenoxy) is 1. The van der Waals surface area contributed by atoms with E-state index in [-0.39, 0.29) is 22.8 Å². The monoisotopic (exact) mass is 269 g/mol. The molecule has 100 valence electrons. The molecule has 0 unspecified atom stereocenters. The molecule has 0 fully saturated rings. The fraction of sp³-hybridized carbons (Fsp3) is 0.182. The van der Waals surface area contributed by atoms with Gasteiger partial charge in [-0.15, -0.1) is 5.10 Å². The summed E-state index contributed by atoms with van der Waals surface area (Å²) in [6, 6.07) is 5.93. The molecule has 2 rings (SSSR count). The lowest BCUT2D eigenvalue weighted by Crippen LogP contribution is -2.08. The van der Waals surface area contributed by atoms with E-state index in [9.17, 15) is 13.6 Å². The zero-order valence-corrected chi connectivity index (χ0v) is 9.75. The third-order valence-electron chi connectivity index (χ3n) is 2.41. The van der Waals surface area contributed by atoms with Crippen LogP contribution >= 0.6 is 0 Å². The summed E-state index contributed by atoms with van der Waals surface area (Å²) in [6.07, 6.45) is 0. The maximum Gasteiger partial charge on any atom is 0.387 e. The van der Waals surface area contributed by atoms with Crippen LogP contribution in [-0.2, 0) is 0 Å². The van der Waals surface area contributed by atoms with E-state index in [1.165, 1.54) is 25.1 Å². The van der Waals surface area contributed by atoms with Crippen molar-refractivity contribution in [2.24, 2.45) is 0 Å². The van der Waals surface area contributed by atoms with Crippen LogP contribution in [0, 0.1) is 6.92 Å². The summed E-state index contributed by atoms with van der Waals surface area (Å²) in [7, 11) is 0. The van der Waals surface area contributed by atoms with Crippen molar-refractivity contribution < 1.29 is 23.4 Å². The van der Waals surface area contributed by atoms with E-state index < -0.39 is 12.6 Å². The van der Waals surface area contributed by atoms with Gasteiger partial charge in [0.1, 0.15) is 5.69 Å². The smallest absolute Gasteiger partial charge is 0.387 e. The highest BCUT2D eigenvalue weighted by molar-refractivity contribution is 5.86. The highest BCUT2D eigenvalue weighted by Gasteiger charge is 2.19. The van der Waals surface area contributed by atoms with Gasteiger partial charge < -0.3 is 9.84 Å². The summed E-state index contributed by atoms with van der Waals surface area (Å²) in [5.74, 6) is -1.35. The zero-order chi connectivity index (χ0) is 14.0. The van der Waals surface area contributed by atoms with E-state index in [2.05, 4.69) is 15.0 Å². The lowest BCUT2D eigenvalue weighted by molar-refractivity contribution is -0.0499. The first-order chi connectivity index (χ1) is 9.00. The normalized spacial score (nSPS) is 10.7. The molecular weight excluding hydrogens is 260 g/mol. The molecule has 0 spiro atoms. The molecule has 0 aliphatic carbocycles. The largest absolute Gasteiger partial charge is 0.476 e. The van der Waals surface area contributed by atoms with Gasteiger partial charge in [0.05, 0.1) is 5.69 Å². The van der Waals surface area contributed by atoms with Crippen molar-refractivity contribution >= 4 is 5.97 Å². The molecule has 1 heterocycles. The number of para-hydroxylation sites is 2. The molecule has 0 bridgehead atoms. The molecule has 1 aromatic carbocycles. The Morgan fingerprint density at radius 2 is 2.11 bits per heavy atom. The number of rotatable bonds is 4. The van der Waals surface area contributed by atoms with Crippen molar-refractivity contribution in [3.8, 4) is 11.4 Å². The number of carbonyl (C=O) groups is 1. The Bertz CT molecular complexity index is 613. The van der Waals surface area contributed by atoms with Crippen LogP contribution in [0.25, 0.3) is 5.69 Å². The summed E-state index contributed by atoms with van der Waals surface area (Å²) < 4.78 is 30.1. The summed E-state index contributed by atoms with van der Waals surface area (Å²) in [4.78, 5) is 10.9. The lowest BCUT2D eigenvalue weighted by atomic mass is 10.2. The average molecular weight is 269 g/mol. The topological polar surface area (TPSA) is 77.2 Å². The highest BCUT2D eigenvalue weighted by Crippen LogP contribution is 2.25. The molecule has 19 heavy (non-hydrogen) atoms. The Kier molecular flexibility index (Phi) is 3.41. The molecule has 0 aliphatic rings. The number of hydrogen-bond acceptors (Lipinski definition) is 4. The second-order valence-corrected chi connectivity index (χ2v) is 3.59. The van der Waals surface area contributed by atoms with Crippen molar-refractivity contribution in [1.82, 2.24) is 15.0 Å². The van der Waals surface area contributed by atoms with Crippen molar-refractivity contribution in [3.05, 3.63) is 35.7 Å². The van der Waals surface area contributed by atoms with Gasteiger partial charge in [0.2, 0.25) is 0 Å². The van der Waals surface area contributed by atoms with Crippen LogP contribution in [-0.4, -0.2) is 32.7 Å². The van der Waals surface area contributed by atoms with Crippen LogP contribution in [0.3, 0.4) is 0 Å². The molecule has 0 aliphatic heterocycles. The first-order valence-corrected chi connectivity index (χ1v) is 5.20. The number of carboxylic acids is 1. The van der Waals surface area contributed by atoms with Gasteiger partial charge in [-0.2, -0.15) is 8.78 Å². The average Bonchev–Trinajstić information content (AvgIpc) is 2.71. The molecule has 0 amide bonds. The molecule has 0 radical (unpaired) electrons. The second-order valence-electron chi connectivity index (χ2n) is 3.59. The fourth-order valence-corrected chi connectivity index (χ4v) is 1.58. The van der Waals surface area contributed by atoms with Gasteiger partial charge in [-0.05, 0) is 19.1 Å². The number of nitrogens with zero attached hydrogens (tertiary/aromatic N) is 3. The minimum absolute atomic E-state index is 0.109. The number of aromatic carboxylic acids is 1. The first kappa shape index (κ1) is 12.9. The van der Waals surface area contributed by atoms with Gasteiger partial charge in [-0.3, -0.25) is 0 Å². The molecule has 0 saturated carbocycles. The van der Waals surface area contributed by atoms with Gasteiger partial charge in [-0.1, -0.05) is 17.3 Å². The molecule has 8 heteroatoms. The van der Waals surface area contributed by atoms with Crippen LogP contribution in [0.5, 0.6) is 5.75 Å². The number of benzene rings is 1. The van der Waals surface area contributed by atoms with E-state index >= 15 is 0 Å². The van der Waals surface area contributed by atoms with Crippen LogP contribution in [0.4, 0.5) is 8.78 Å². The summed E-state index contributed by atoms with van der Waals surface area (Å²) in [5.41, 5.74) is 0.171. The molecule has 0 saturated heterocycles. The van der Waals surface area contributed by atoms with E-state index in [1.807, 2.05) is 0 Å². The minimum Gasteiger partial charge on any atom is -0.476 e. The van der Waals surface area contributed by atoms with E-state index in [0.717, 1.165) is 4.68 Å². The quantitative estimate of drug-likeness (QED) is 0.916.